The first-order chi connectivity index (χ1) is 13.8. The zero-order valence-corrected chi connectivity index (χ0v) is 20.2. The highest BCUT2D eigenvalue weighted by Gasteiger charge is 2.23. The Hall–Kier alpha value is -2.41. The number of amides is 2. The van der Waals surface area contributed by atoms with Crippen LogP contribution in [0.5, 0.6) is 5.75 Å². The molecular formula is C23H30BrN3O3. The van der Waals surface area contributed by atoms with E-state index in [1.54, 1.807) is 19.2 Å². The van der Waals surface area contributed by atoms with Gasteiger partial charge in [0.15, 0.2) is 5.69 Å². The first kappa shape index (κ1) is 23.9. The highest BCUT2D eigenvalue weighted by atomic mass is 79.9. The second-order valence-corrected chi connectivity index (χ2v) is 10.1. The van der Waals surface area contributed by atoms with Gasteiger partial charge in [-0.2, -0.15) is 0 Å². The molecule has 0 fully saturated rings. The number of aromatic nitrogens is 1. The number of benzene rings is 1. The smallest absolute Gasteiger partial charge is 0.272 e. The number of anilines is 1. The summed E-state index contributed by atoms with van der Waals surface area (Å²) in [6, 6.07) is 7.22. The van der Waals surface area contributed by atoms with Crippen LogP contribution in [0.25, 0.3) is 0 Å². The minimum atomic E-state index is -0.411. The number of pyridine rings is 1. The Morgan fingerprint density at radius 2 is 1.80 bits per heavy atom. The molecule has 0 unspecified atom stereocenters. The van der Waals surface area contributed by atoms with Gasteiger partial charge < -0.3 is 15.4 Å². The number of carbonyl (C=O) groups is 2. The van der Waals surface area contributed by atoms with Crippen molar-refractivity contribution in [1.29, 1.82) is 0 Å². The fourth-order valence-electron chi connectivity index (χ4n) is 2.94. The Morgan fingerprint density at radius 3 is 2.37 bits per heavy atom. The summed E-state index contributed by atoms with van der Waals surface area (Å²) in [6.45, 7) is 12.0. The molecule has 6 nitrogen and oxygen atoms in total. The molecule has 0 bridgehead atoms. The standard InChI is InChI=1S/C23H30BrN3O3/c1-22(2,3)15-13-16(24)14(11-18(15)30-7)12-19(28)26-17-9-8-10-25-20(17)21(29)27-23(4,5)6/h8-11,13H,12H2,1-7H3,(H,26,28)(H,27,29). The molecule has 2 amide bonds. The van der Waals surface area contributed by atoms with Gasteiger partial charge in [-0.05, 0) is 56.0 Å². The fourth-order valence-corrected chi connectivity index (χ4v) is 3.42. The predicted molar refractivity (Wildman–Crippen MR) is 123 cm³/mol. The molecule has 0 radical (unpaired) electrons. The first-order valence-electron chi connectivity index (χ1n) is 9.76. The Morgan fingerprint density at radius 1 is 1.13 bits per heavy atom. The molecule has 0 saturated carbocycles. The lowest BCUT2D eigenvalue weighted by molar-refractivity contribution is -0.115. The summed E-state index contributed by atoms with van der Waals surface area (Å²) in [5.41, 5.74) is 1.89. The lowest BCUT2D eigenvalue weighted by Crippen LogP contribution is -2.41. The van der Waals surface area contributed by atoms with Crippen LogP contribution in [0.15, 0.2) is 34.9 Å². The quantitative estimate of drug-likeness (QED) is 0.646. The molecule has 0 aliphatic carbocycles. The van der Waals surface area contributed by atoms with Crippen molar-refractivity contribution in [2.24, 2.45) is 0 Å². The second-order valence-electron chi connectivity index (χ2n) is 9.22. The summed E-state index contributed by atoms with van der Waals surface area (Å²) < 4.78 is 6.38. The summed E-state index contributed by atoms with van der Waals surface area (Å²) in [6.07, 6.45) is 1.65. The van der Waals surface area contributed by atoms with Crippen LogP contribution in [0.4, 0.5) is 5.69 Å². The van der Waals surface area contributed by atoms with Crippen molar-refractivity contribution in [2.75, 3.05) is 12.4 Å². The number of ether oxygens (including phenoxy) is 1. The van der Waals surface area contributed by atoms with Gasteiger partial charge in [0.1, 0.15) is 5.75 Å². The van der Waals surface area contributed by atoms with E-state index in [1.807, 2.05) is 32.9 Å². The van der Waals surface area contributed by atoms with Crippen LogP contribution in [-0.2, 0) is 16.6 Å². The van der Waals surface area contributed by atoms with Crippen LogP contribution in [0.2, 0.25) is 0 Å². The number of hydrogen-bond acceptors (Lipinski definition) is 4. The topological polar surface area (TPSA) is 80.3 Å². The number of hydrogen-bond donors (Lipinski definition) is 2. The third-order valence-corrected chi connectivity index (χ3v) is 5.05. The first-order valence-corrected chi connectivity index (χ1v) is 10.6. The number of methoxy groups -OCH3 is 1. The van der Waals surface area contributed by atoms with Crippen molar-refractivity contribution in [3.63, 3.8) is 0 Å². The molecule has 0 aliphatic rings. The number of nitrogens with one attached hydrogen (secondary N) is 2. The molecule has 1 aromatic heterocycles. The molecule has 0 aliphatic heterocycles. The van der Waals surface area contributed by atoms with Crippen LogP contribution in [0.3, 0.4) is 0 Å². The molecule has 1 aromatic carbocycles. The van der Waals surface area contributed by atoms with Crippen molar-refractivity contribution >= 4 is 33.4 Å². The molecule has 0 atom stereocenters. The average molecular weight is 476 g/mol. The molecular weight excluding hydrogens is 446 g/mol. The molecule has 30 heavy (non-hydrogen) atoms. The monoisotopic (exact) mass is 475 g/mol. The zero-order chi connectivity index (χ0) is 22.7. The number of halogens is 1. The van der Waals surface area contributed by atoms with E-state index in [-0.39, 0.29) is 29.3 Å². The average Bonchev–Trinajstić information content (AvgIpc) is 2.61. The number of nitrogens with zero attached hydrogens (tertiary/aromatic N) is 1. The lowest BCUT2D eigenvalue weighted by Gasteiger charge is -2.23. The molecule has 2 rings (SSSR count). The van der Waals surface area contributed by atoms with Gasteiger partial charge in [-0.1, -0.05) is 36.7 Å². The summed E-state index contributed by atoms with van der Waals surface area (Å²) in [5, 5.41) is 5.68. The van der Waals surface area contributed by atoms with Gasteiger partial charge in [0.05, 0.1) is 19.2 Å². The Balaban J connectivity index is 2.24. The molecule has 1 heterocycles. The van der Waals surface area contributed by atoms with Crippen molar-refractivity contribution in [2.45, 2.75) is 58.9 Å². The van der Waals surface area contributed by atoms with Crippen molar-refractivity contribution in [3.05, 3.63) is 51.8 Å². The predicted octanol–water partition coefficient (Wildman–Crippen LogP) is 4.86. The van der Waals surface area contributed by atoms with E-state index in [0.29, 0.717) is 5.69 Å². The van der Waals surface area contributed by atoms with Gasteiger partial charge in [0.2, 0.25) is 5.91 Å². The summed E-state index contributed by atoms with van der Waals surface area (Å²) in [4.78, 5) is 29.4. The van der Waals surface area contributed by atoms with E-state index in [2.05, 4.69) is 52.3 Å². The maximum atomic E-state index is 12.7. The summed E-state index contributed by atoms with van der Waals surface area (Å²) in [5.74, 6) is 0.148. The van der Waals surface area contributed by atoms with Crippen LogP contribution < -0.4 is 15.4 Å². The normalized spacial score (nSPS) is 11.7. The van der Waals surface area contributed by atoms with Crippen LogP contribution in [0.1, 0.15) is 63.2 Å². The minimum Gasteiger partial charge on any atom is -0.496 e. The maximum Gasteiger partial charge on any atom is 0.272 e. The van der Waals surface area contributed by atoms with Gasteiger partial charge in [-0.25, -0.2) is 4.98 Å². The highest BCUT2D eigenvalue weighted by molar-refractivity contribution is 9.10. The van der Waals surface area contributed by atoms with E-state index in [0.717, 1.165) is 21.3 Å². The van der Waals surface area contributed by atoms with Gasteiger partial charge >= 0.3 is 0 Å². The van der Waals surface area contributed by atoms with E-state index in [1.165, 1.54) is 6.20 Å². The highest BCUT2D eigenvalue weighted by Crippen LogP contribution is 2.36. The Labute approximate surface area is 186 Å². The van der Waals surface area contributed by atoms with E-state index < -0.39 is 5.54 Å². The Kier molecular flexibility index (Phi) is 7.29. The summed E-state index contributed by atoms with van der Waals surface area (Å²) >= 11 is 3.58. The van der Waals surface area contributed by atoms with Crippen LogP contribution in [-0.4, -0.2) is 29.4 Å². The number of carbonyl (C=O) groups excluding carboxylic acids is 2. The Bertz CT molecular complexity index is 944. The molecule has 162 valence electrons. The van der Waals surface area contributed by atoms with Crippen molar-refractivity contribution < 1.29 is 14.3 Å². The second kappa shape index (κ2) is 9.16. The third-order valence-electron chi connectivity index (χ3n) is 4.31. The number of rotatable bonds is 5. The zero-order valence-electron chi connectivity index (χ0n) is 18.6. The largest absolute Gasteiger partial charge is 0.496 e. The SMILES string of the molecule is COc1cc(CC(=O)Nc2cccnc2C(=O)NC(C)(C)C)c(Br)cc1C(C)(C)C. The van der Waals surface area contributed by atoms with Crippen molar-refractivity contribution in [3.8, 4) is 5.75 Å². The van der Waals surface area contributed by atoms with Gasteiger partial charge in [-0.3, -0.25) is 9.59 Å². The van der Waals surface area contributed by atoms with E-state index in [9.17, 15) is 9.59 Å². The minimum absolute atomic E-state index is 0.0975. The van der Waals surface area contributed by atoms with E-state index >= 15 is 0 Å². The molecule has 7 heteroatoms. The van der Waals surface area contributed by atoms with Gasteiger partial charge in [0, 0.05) is 21.8 Å². The van der Waals surface area contributed by atoms with Crippen molar-refractivity contribution in [1.82, 2.24) is 10.3 Å². The summed E-state index contributed by atoms with van der Waals surface area (Å²) in [7, 11) is 1.62. The lowest BCUT2D eigenvalue weighted by atomic mass is 9.85. The molecule has 0 spiro atoms. The van der Waals surface area contributed by atoms with Gasteiger partial charge in [-0.15, -0.1) is 0 Å². The maximum absolute atomic E-state index is 12.7. The molecule has 2 aromatic rings. The van der Waals surface area contributed by atoms with E-state index in [4.69, 9.17) is 4.74 Å². The van der Waals surface area contributed by atoms with Gasteiger partial charge in [0.25, 0.3) is 5.91 Å². The fraction of sp³-hybridized carbons (Fsp3) is 0.435. The third kappa shape index (κ3) is 6.29. The molecule has 0 saturated heterocycles. The van der Waals surface area contributed by atoms with Crippen LogP contribution >= 0.6 is 15.9 Å². The molecule has 2 N–H and O–H groups in total. The van der Waals surface area contributed by atoms with Crippen LogP contribution in [0, 0.1) is 0 Å².